The molecule has 0 fully saturated rings. The molecule has 7 heteroatoms. The molecule has 1 aromatic heterocycles. The van der Waals surface area contributed by atoms with Crippen molar-refractivity contribution < 1.29 is 19.1 Å². The molecule has 200 valence electrons. The average molecular weight is 515 g/mol. The lowest BCUT2D eigenvalue weighted by molar-refractivity contribution is 0.0580. The number of fused-ring (bicyclic) bond motifs is 1. The summed E-state index contributed by atoms with van der Waals surface area (Å²) in [5.74, 6) is 0. The van der Waals surface area contributed by atoms with Crippen molar-refractivity contribution in [2.75, 3.05) is 11.4 Å². The summed E-state index contributed by atoms with van der Waals surface area (Å²) >= 11 is 0. The van der Waals surface area contributed by atoms with Crippen molar-refractivity contribution in [3.05, 3.63) is 54.3 Å². The molecule has 6 nitrogen and oxygen atoms in total. The van der Waals surface area contributed by atoms with Gasteiger partial charge < -0.3 is 18.8 Å². The number of benzene rings is 1. The van der Waals surface area contributed by atoms with Crippen LogP contribution < -0.4 is 4.90 Å². The minimum atomic E-state index is -1.92. The van der Waals surface area contributed by atoms with E-state index in [2.05, 4.69) is 51.1 Å². The van der Waals surface area contributed by atoms with Crippen LogP contribution in [0.1, 0.15) is 72.2 Å². The van der Waals surface area contributed by atoms with Crippen molar-refractivity contribution in [3.63, 3.8) is 0 Å². The highest BCUT2D eigenvalue weighted by molar-refractivity contribution is 6.74. The highest BCUT2D eigenvalue weighted by atomic mass is 28.4. The number of aliphatic hydroxyl groups is 1. The van der Waals surface area contributed by atoms with E-state index in [1.165, 1.54) is 0 Å². The number of aromatic nitrogens is 1. The van der Waals surface area contributed by atoms with Gasteiger partial charge in [-0.15, -0.1) is 6.58 Å². The molecular formula is C29H46N2O4Si. The fraction of sp³-hybridized carbons (Fsp3) is 0.552. The van der Waals surface area contributed by atoms with Crippen LogP contribution in [0.3, 0.4) is 0 Å². The monoisotopic (exact) mass is 514 g/mol. The molecule has 0 radical (unpaired) electrons. The molecule has 1 N–H and O–H groups in total. The van der Waals surface area contributed by atoms with Crippen LogP contribution in [0.4, 0.5) is 10.5 Å². The van der Waals surface area contributed by atoms with Crippen molar-refractivity contribution in [1.82, 2.24) is 4.57 Å². The van der Waals surface area contributed by atoms with Gasteiger partial charge in [-0.1, -0.05) is 39.0 Å². The number of allylic oxidation sites excluding steroid dienone is 1. The molecule has 1 unspecified atom stereocenters. The van der Waals surface area contributed by atoms with E-state index >= 15 is 0 Å². The molecule has 0 aliphatic heterocycles. The van der Waals surface area contributed by atoms with Gasteiger partial charge in [-0.3, -0.25) is 4.90 Å². The third-order valence-corrected chi connectivity index (χ3v) is 11.3. The number of nitrogens with zero attached hydrogens (tertiary/aromatic N) is 2. The number of carbonyl (C=O) groups is 1. The molecule has 1 atom stereocenters. The first-order valence-electron chi connectivity index (χ1n) is 12.7. The fourth-order valence-corrected chi connectivity index (χ4v) is 4.60. The largest absolute Gasteiger partial charge is 0.443 e. The molecule has 1 amide bonds. The minimum absolute atomic E-state index is 0.119. The number of carbonyl (C=O) groups excluding carboxylic acids is 1. The predicted molar refractivity (Wildman–Crippen MR) is 153 cm³/mol. The third kappa shape index (κ3) is 7.11. The number of hydrogen-bond donors (Lipinski definition) is 1. The van der Waals surface area contributed by atoms with Gasteiger partial charge in [0, 0.05) is 30.2 Å². The summed E-state index contributed by atoms with van der Waals surface area (Å²) in [5.41, 5.74) is 2.64. The number of ether oxygens (including phenoxy) is 1. The van der Waals surface area contributed by atoms with Gasteiger partial charge in [-0.2, -0.15) is 0 Å². The highest BCUT2D eigenvalue weighted by Crippen LogP contribution is 2.38. The van der Waals surface area contributed by atoms with Crippen molar-refractivity contribution in [3.8, 4) is 0 Å². The minimum Gasteiger partial charge on any atom is -0.443 e. The fourth-order valence-electron chi connectivity index (χ4n) is 3.66. The van der Waals surface area contributed by atoms with Gasteiger partial charge in [0.25, 0.3) is 0 Å². The highest BCUT2D eigenvalue weighted by Gasteiger charge is 2.37. The lowest BCUT2D eigenvalue weighted by Crippen LogP contribution is -2.40. The van der Waals surface area contributed by atoms with Gasteiger partial charge in [0.1, 0.15) is 5.60 Å². The normalized spacial score (nSPS) is 13.9. The van der Waals surface area contributed by atoms with E-state index in [4.69, 9.17) is 9.16 Å². The topological polar surface area (TPSA) is 63.9 Å². The Morgan fingerprint density at radius 3 is 2.36 bits per heavy atom. The third-order valence-electron chi connectivity index (χ3n) is 6.83. The molecule has 1 aromatic carbocycles. The molecular weight excluding hydrogens is 468 g/mol. The van der Waals surface area contributed by atoms with Gasteiger partial charge in [-0.25, -0.2) is 4.79 Å². The molecule has 2 aromatic rings. The molecule has 1 heterocycles. The Morgan fingerprint density at radius 2 is 1.83 bits per heavy atom. The first-order valence-corrected chi connectivity index (χ1v) is 15.6. The standard InChI is InChI=1S/C29H46N2O4Si/c1-12-14-16-31(27(33)35-28(3,4)5)25-19-24-21(18-23(25)26(32)15-13-2)17-22(30(24)9)20-34-36(10,11)29(6,7)8/h12-13,15,17-19,26,32H,1,14,16,20H2,2-11H3. The van der Waals surface area contributed by atoms with Crippen molar-refractivity contribution in [2.45, 2.75) is 91.3 Å². The van der Waals surface area contributed by atoms with Crippen molar-refractivity contribution >= 4 is 31.0 Å². The van der Waals surface area contributed by atoms with E-state index in [-0.39, 0.29) is 5.04 Å². The summed E-state index contributed by atoms with van der Waals surface area (Å²) in [6.45, 7) is 23.3. The maximum atomic E-state index is 13.3. The summed E-state index contributed by atoms with van der Waals surface area (Å²) in [6.07, 6.45) is 4.58. The van der Waals surface area contributed by atoms with Crippen LogP contribution in [0.5, 0.6) is 0 Å². The maximum Gasteiger partial charge on any atom is 0.414 e. The second-order valence-corrected chi connectivity index (χ2v) is 16.7. The smallest absolute Gasteiger partial charge is 0.414 e. The molecule has 0 bridgehead atoms. The van der Waals surface area contributed by atoms with Crippen LogP contribution >= 0.6 is 0 Å². The summed E-state index contributed by atoms with van der Waals surface area (Å²) in [7, 11) is 0.0920. The van der Waals surface area contributed by atoms with Gasteiger partial charge in [0.05, 0.1) is 23.9 Å². The Morgan fingerprint density at radius 1 is 1.19 bits per heavy atom. The van der Waals surface area contributed by atoms with Crippen molar-refractivity contribution in [1.29, 1.82) is 0 Å². The Labute approximate surface area is 218 Å². The summed E-state index contributed by atoms with van der Waals surface area (Å²) in [4.78, 5) is 14.9. The maximum absolute atomic E-state index is 13.3. The van der Waals surface area contributed by atoms with Crippen LogP contribution in [0.25, 0.3) is 10.9 Å². The van der Waals surface area contributed by atoms with Crippen LogP contribution in [0.2, 0.25) is 18.1 Å². The Balaban J connectivity index is 2.64. The summed E-state index contributed by atoms with van der Waals surface area (Å²) in [5, 5.41) is 12.1. The van der Waals surface area contributed by atoms with Gasteiger partial charge >= 0.3 is 6.09 Å². The number of hydrogen-bond acceptors (Lipinski definition) is 4. The number of aliphatic hydroxyl groups excluding tert-OH is 1. The number of anilines is 1. The molecule has 0 saturated carbocycles. The van der Waals surface area contributed by atoms with Crippen LogP contribution in [0, 0.1) is 0 Å². The number of rotatable bonds is 9. The zero-order valence-corrected chi connectivity index (χ0v) is 24.9. The lowest BCUT2D eigenvalue weighted by atomic mass is 10.0. The van der Waals surface area contributed by atoms with E-state index in [0.29, 0.717) is 30.8 Å². The molecule has 2 rings (SSSR count). The van der Waals surface area contributed by atoms with Crippen LogP contribution in [-0.4, -0.2) is 36.2 Å². The lowest BCUT2D eigenvalue weighted by Gasteiger charge is -2.36. The Hall–Kier alpha value is -2.35. The van der Waals surface area contributed by atoms with E-state index in [0.717, 1.165) is 16.6 Å². The zero-order valence-electron chi connectivity index (χ0n) is 23.9. The SMILES string of the molecule is C=CCCN(C(=O)OC(C)(C)C)c1cc2c(cc1C(O)C=CC)cc(CO[Si](C)(C)C(C)(C)C)n2C. The Bertz CT molecular complexity index is 1100. The van der Waals surface area contributed by atoms with Gasteiger partial charge in [-0.05, 0) is 70.4 Å². The quantitative estimate of drug-likeness (QED) is 0.276. The molecule has 0 spiro atoms. The van der Waals surface area contributed by atoms with E-state index in [1.807, 2.05) is 53.0 Å². The second-order valence-electron chi connectivity index (χ2n) is 11.9. The van der Waals surface area contributed by atoms with Gasteiger partial charge in [0.15, 0.2) is 8.32 Å². The van der Waals surface area contributed by atoms with Crippen molar-refractivity contribution in [2.24, 2.45) is 7.05 Å². The molecule has 0 aliphatic carbocycles. The predicted octanol–water partition coefficient (Wildman–Crippen LogP) is 7.63. The Kier molecular flexibility index (Phi) is 9.43. The molecule has 0 aliphatic rings. The number of amides is 1. The van der Waals surface area contributed by atoms with Crippen LogP contribution in [0.15, 0.2) is 43.0 Å². The van der Waals surface area contributed by atoms with E-state index in [9.17, 15) is 9.90 Å². The van der Waals surface area contributed by atoms with Gasteiger partial charge in [0.2, 0.25) is 0 Å². The van der Waals surface area contributed by atoms with E-state index < -0.39 is 26.1 Å². The first-order chi connectivity index (χ1) is 16.5. The molecule has 0 saturated heterocycles. The number of aryl methyl sites for hydroxylation is 1. The first kappa shape index (κ1) is 29.9. The van der Waals surface area contributed by atoms with Crippen LogP contribution in [-0.2, 0) is 22.8 Å². The zero-order chi connectivity index (χ0) is 27.5. The van der Waals surface area contributed by atoms with E-state index in [1.54, 1.807) is 17.1 Å². The summed E-state index contributed by atoms with van der Waals surface area (Å²) in [6, 6.07) is 6.05. The second kappa shape index (κ2) is 11.4. The average Bonchev–Trinajstić information content (AvgIpc) is 3.05. The molecule has 36 heavy (non-hydrogen) atoms. The summed E-state index contributed by atoms with van der Waals surface area (Å²) < 4.78 is 14.3.